The van der Waals surface area contributed by atoms with Crippen molar-refractivity contribution in [2.45, 2.75) is 24.5 Å². The number of hydrogen-bond donors (Lipinski definition) is 2. The van der Waals surface area contributed by atoms with Gasteiger partial charge < -0.3 is 0 Å². The van der Waals surface area contributed by atoms with Crippen molar-refractivity contribution in [3.8, 4) is 0 Å². The molecule has 0 atom stereocenters. The lowest BCUT2D eigenvalue weighted by Gasteiger charge is -2.13. The molecule has 9 nitrogen and oxygen atoms in total. The molecule has 0 spiro atoms. The van der Waals surface area contributed by atoms with Crippen LogP contribution in [0.3, 0.4) is 0 Å². The SMILES string of the molecule is Cc1cc([N+](=O)[O-])cc(S(=O)(=O)Nc2cccc(CS(N)(=O)=O)c2)c1C. The summed E-state index contributed by atoms with van der Waals surface area (Å²) in [5.74, 6) is -0.447. The third-order valence-electron chi connectivity index (χ3n) is 3.65. The van der Waals surface area contributed by atoms with Crippen molar-refractivity contribution in [1.82, 2.24) is 0 Å². The maximum absolute atomic E-state index is 12.7. The fraction of sp³-hybridized carbons (Fsp3) is 0.200. The van der Waals surface area contributed by atoms with Gasteiger partial charge in [0.1, 0.15) is 0 Å². The van der Waals surface area contributed by atoms with E-state index < -0.39 is 30.7 Å². The molecular formula is C15H17N3O6S2. The molecule has 0 saturated carbocycles. The van der Waals surface area contributed by atoms with Crippen molar-refractivity contribution in [2.24, 2.45) is 5.14 Å². The molecule has 2 aromatic carbocycles. The number of nitro benzene ring substituents is 1. The van der Waals surface area contributed by atoms with E-state index in [0.29, 0.717) is 16.7 Å². The fourth-order valence-electron chi connectivity index (χ4n) is 2.36. The van der Waals surface area contributed by atoms with Gasteiger partial charge in [-0.3, -0.25) is 14.8 Å². The molecule has 0 amide bonds. The van der Waals surface area contributed by atoms with Crippen LogP contribution in [-0.2, 0) is 25.8 Å². The number of rotatable bonds is 6. The van der Waals surface area contributed by atoms with Gasteiger partial charge in [0.15, 0.2) is 0 Å². The Hall–Kier alpha value is -2.50. The molecule has 2 rings (SSSR count). The molecule has 26 heavy (non-hydrogen) atoms. The molecule has 140 valence electrons. The van der Waals surface area contributed by atoms with Crippen LogP contribution in [0.25, 0.3) is 0 Å². The summed E-state index contributed by atoms with van der Waals surface area (Å²) in [7, 11) is -7.89. The van der Waals surface area contributed by atoms with E-state index in [4.69, 9.17) is 5.14 Å². The zero-order valence-electron chi connectivity index (χ0n) is 14.0. The second kappa shape index (κ2) is 7.02. The van der Waals surface area contributed by atoms with Gasteiger partial charge in [-0.2, -0.15) is 0 Å². The van der Waals surface area contributed by atoms with E-state index in [2.05, 4.69) is 4.72 Å². The summed E-state index contributed by atoms with van der Waals surface area (Å²) in [5, 5.41) is 16.0. The van der Waals surface area contributed by atoms with Crippen LogP contribution in [0.2, 0.25) is 0 Å². The minimum absolute atomic E-state index is 0.120. The van der Waals surface area contributed by atoms with Crippen LogP contribution in [0.1, 0.15) is 16.7 Å². The predicted octanol–water partition coefficient (Wildman–Crippen LogP) is 1.80. The maximum Gasteiger partial charge on any atom is 0.271 e. The molecule has 0 unspecified atom stereocenters. The summed E-state index contributed by atoms with van der Waals surface area (Å²) in [6, 6.07) is 8.01. The van der Waals surface area contributed by atoms with Gasteiger partial charge in [0, 0.05) is 17.8 Å². The normalized spacial score (nSPS) is 12.0. The van der Waals surface area contributed by atoms with Crippen molar-refractivity contribution in [2.75, 3.05) is 4.72 Å². The Morgan fingerprint density at radius 3 is 2.35 bits per heavy atom. The molecule has 0 fully saturated rings. The summed E-state index contributed by atoms with van der Waals surface area (Å²) < 4.78 is 50.0. The minimum Gasteiger partial charge on any atom is -0.280 e. The topological polar surface area (TPSA) is 149 Å². The van der Waals surface area contributed by atoms with E-state index in [1.807, 2.05) is 0 Å². The number of benzene rings is 2. The molecule has 0 saturated heterocycles. The van der Waals surface area contributed by atoms with Crippen LogP contribution in [0.4, 0.5) is 11.4 Å². The second-order valence-corrected chi connectivity index (χ2v) is 9.02. The van der Waals surface area contributed by atoms with Crippen LogP contribution < -0.4 is 9.86 Å². The van der Waals surface area contributed by atoms with Crippen LogP contribution in [0.15, 0.2) is 41.3 Å². The monoisotopic (exact) mass is 399 g/mol. The summed E-state index contributed by atoms with van der Waals surface area (Å²) in [5.41, 5.74) is 0.928. The summed E-state index contributed by atoms with van der Waals surface area (Å²) in [4.78, 5) is 10.1. The van der Waals surface area contributed by atoms with E-state index in [1.54, 1.807) is 13.8 Å². The van der Waals surface area contributed by atoms with Crippen LogP contribution >= 0.6 is 0 Å². The lowest BCUT2D eigenvalue weighted by atomic mass is 10.1. The van der Waals surface area contributed by atoms with Crippen molar-refractivity contribution in [3.63, 3.8) is 0 Å². The number of anilines is 1. The first-order valence-corrected chi connectivity index (χ1v) is 10.5. The molecule has 0 aromatic heterocycles. The number of aryl methyl sites for hydroxylation is 1. The lowest BCUT2D eigenvalue weighted by molar-refractivity contribution is -0.385. The number of primary sulfonamides is 1. The highest BCUT2D eigenvalue weighted by atomic mass is 32.2. The summed E-state index contributed by atoms with van der Waals surface area (Å²) in [6.45, 7) is 3.12. The van der Waals surface area contributed by atoms with E-state index in [0.717, 1.165) is 6.07 Å². The fourth-order valence-corrected chi connectivity index (χ4v) is 4.39. The first-order valence-electron chi connectivity index (χ1n) is 7.27. The number of nitrogens with two attached hydrogens (primary N) is 1. The van der Waals surface area contributed by atoms with Crippen LogP contribution in [0, 0.1) is 24.0 Å². The number of sulfonamides is 2. The second-order valence-electron chi connectivity index (χ2n) is 5.76. The highest BCUT2D eigenvalue weighted by Crippen LogP contribution is 2.27. The average molecular weight is 399 g/mol. The van der Waals surface area contributed by atoms with E-state index in [-0.39, 0.29) is 16.3 Å². The third kappa shape index (κ3) is 4.77. The molecule has 0 aliphatic carbocycles. The maximum atomic E-state index is 12.7. The predicted molar refractivity (Wildman–Crippen MR) is 96.6 cm³/mol. The van der Waals surface area contributed by atoms with E-state index in [1.165, 1.54) is 30.3 Å². The van der Waals surface area contributed by atoms with Gasteiger partial charge in [0.05, 0.1) is 15.6 Å². The highest BCUT2D eigenvalue weighted by molar-refractivity contribution is 7.92. The Labute approximate surface area is 151 Å². The van der Waals surface area contributed by atoms with Gasteiger partial charge in [-0.1, -0.05) is 12.1 Å². The highest BCUT2D eigenvalue weighted by Gasteiger charge is 2.22. The van der Waals surface area contributed by atoms with E-state index in [9.17, 15) is 26.9 Å². The molecule has 11 heteroatoms. The van der Waals surface area contributed by atoms with Crippen LogP contribution in [-0.4, -0.2) is 21.8 Å². The van der Waals surface area contributed by atoms with Gasteiger partial charge in [-0.25, -0.2) is 22.0 Å². The Kier molecular flexibility index (Phi) is 5.35. The van der Waals surface area contributed by atoms with Gasteiger partial charge in [0.25, 0.3) is 15.7 Å². The first kappa shape index (κ1) is 19.8. The van der Waals surface area contributed by atoms with Gasteiger partial charge in [-0.05, 0) is 42.7 Å². The Balaban J connectivity index is 2.44. The number of non-ortho nitro benzene ring substituents is 1. The zero-order chi connectivity index (χ0) is 19.7. The first-order chi connectivity index (χ1) is 11.9. The summed E-state index contributed by atoms with van der Waals surface area (Å²) in [6.07, 6.45) is 0. The minimum atomic E-state index is -4.12. The largest absolute Gasteiger partial charge is 0.280 e. The molecule has 0 bridgehead atoms. The molecular weight excluding hydrogens is 382 g/mol. The van der Waals surface area contributed by atoms with Crippen molar-refractivity contribution < 1.29 is 21.8 Å². The molecule has 0 aliphatic heterocycles. The van der Waals surface area contributed by atoms with E-state index >= 15 is 0 Å². The molecule has 0 heterocycles. The Morgan fingerprint density at radius 1 is 1.12 bits per heavy atom. The van der Waals surface area contributed by atoms with Crippen molar-refractivity contribution >= 4 is 31.4 Å². The molecule has 0 radical (unpaired) electrons. The van der Waals surface area contributed by atoms with Crippen molar-refractivity contribution in [3.05, 3.63) is 63.2 Å². The third-order valence-corrected chi connectivity index (χ3v) is 5.90. The quantitative estimate of drug-likeness (QED) is 0.558. The summed E-state index contributed by atoms with van der Waals surface area (Å²) >= 11 is 0. The molecule has 3 N–H and O–H groups in total. The van der Waals surface area contributed by atoms with Crippen LogP contribution in [0.5, 0.6) is 0 Å². The average Bonchev–Trinajstić information content (AvgIpc) is 2.47. The Morgan fingerprint density at radius 2 is 1.77 bits per heavy atom. The van der Waals surface area contributed by atoms with Gasteiger partial charge >= 0.3 is 0 Å². The number of nitrogens with one attached hydrogen (secondary N) is 1. The lowest BCUT2D eigenvalue weighted by Crippen LogP contribution is -2.16. The smallest absolute Gasteiger partial charge is 0.271 e. The van der Waals surface area contributed by atoms with Gasteiger partial charge in [0.2, 0.25) is 10.0 Å². The molecule has 2 aromatic rings. The number of nitro groups is 1. The van der Waals surface area contributed by atoms with Crippen molar-refractivity contribution in [1.29, 1.82) is 0 Å². The number of hydrogen-bond acceptors (Lipinski definition) is 6. The standard InChI is InChI=1S/C15H17N3O6S2/c1-10-6-14(18(19)20)8-15(11(10)2)26(23,24)17-13-5-3-4-12(7-13)9-25(16,21)22/h3-8,17H,9H2,1-2H3,(H2,16,21,22). The molecule has 0 aliphatic rings. The number of nitrogens with zero attached hydrogens (tertiary/aromatic N) is 1. The zero-order valence-corrected chi connectivity index (χ0v) is 15.6. The van der Waals surface area contributed by atoms with Gasteiger partial charge in [-0.15, -0.1) is 0 Å². The Bertz CT molecular complexity index is 1080.